The summed E-state index contributed by atoms with van der Waals surface area (Å²) in [5.74, 6) is 0.160. The number of hydrogen-bond acceptors (Lipinski definition) is 1. The summed E-state index contributed by atoms with van der Waals surface area (Å²) in [4.78, 5) is 8.17. The molecule has 0 radical (unpaired) electrons. The zero-order valence-electron chi connectivity index (χ0n) is 22.1. The Hall–Kier alpha value is -5.68. The van der Waals surface area contributed by atoms with Crippen molar-refractivity contribution in [1.82, 2.24) is 14.1 Å². The minimum atomic E-state index is 0.160. The number of rotatable bonds is 2. The van der Waals surface area contributed by atoms with E-state index in [2.05, 4.69) is 94.5 Å². The topological polar surface area (TPSA) is 61.9 Å². The highest BCUT2D eigenvalue weighted by atomic mass is 15.2. The fourth-order valence-corrected chi connectivity index (χ4v) is 6.06. The van der Waals surface area contributed by atoms with Crippen LogP contribution in [-0.4, -0.2) is 20.1 Å². The molecule has 0 saturated carbocycles. The molecule has 41 heavy (non-hydrogen) atoms. The molecule has 0 fully saturated rings. The van der Waals surface area contributed by atoms with E-state index in [0.717, 1.165) is 44.1 Å². The number of H-pyrrole nitrogens is 1. The van der Waals surface area contributed by atoms with Gasteiger partial charge in [-0.15, -0.1) is 0 Å². The molecule has 3 heterocycles. The Bertz CT molecular complexity index is 2280. The Labute approximate surface area is 235 Å². The second-order valence-electron chi connectivity index (χ2n) is 10.2. The molecule has 2 N–H and O–H groups in total. The van der Waals surface area contributed by atoms with E-state index < -0.39 is 0 Å². The number of benzene rings is 5. The van der Waals surface area contributed by atoms with Crippen molar-refractivity contribution in [3.8, 4) is 16.8 Å². The lowest BCUT2D eigenvalue weighted by Crippen LogP contribution is -2.17. The zero-order valence-corrected chi connectivity index (χ0v) is 22.1. The van der Waals surface area contributed by atoms with Crippen molar-refractivity contribution in [3.05, 3.63) is 145 Å². The number of nitrogens with zero attached hydrogens (tertiary/aromatic N) is 3. The minimum Gasteiger partial charge on any atom is -0.346 e. The smallest absolute Gasteiger partial charge is 0.229 e. The summed E-state index contributed by atoms with van der Waals surface area (Å²) in [5.41, 5.74) is 8.02. The monoisotopic (exact) mass is 527 g/mol. The van der Waals surface area contributed by atoms with Crippen LogP contribution in [0.2, 0.25) is 0 Å². The number of pyridine rings is 1. The average Bonchev–Trinajstić information content (AvgIpc) is 3.54. The summed E-state index contributed by atoms with van der Waals surface area (Å²) in [6.07, 6.45) is 1.86. The van der Waals surface area contributed by atoms with Crippen LogP contribution in [0.25, 0.3) is 60.4 Å². The highest BCUT2D eigenvalue weighted by molar-refractivity contribution is 6.13. The molecule has 0 amide bonds. The van der Waals surface area contributed by atoms with Crippen molar-refractivity contribution in [3.63, 3.8) is 0 Å². The molecule has 0 spiro atoms. The lowest BCUT2D eigenvalue weighted by Gasteiger charge is -2.09. The van der Waals surface area contributed by atoms with Crippen LogP contribution in [0.5, 0.6) is 0 Å². The molecular formula is C36H25N5. The van der Waals surface area contributed by atoms with Crippen molar-refractivity contribution in [1.29, 1.82) is 5.41 Å². The largest absolute Gasteiger partial charge is 0.346 e. The molecule has 0 aliphatic rings. The van der Waals surface area contributed by atoms with Gasteiger partial charge >= 0.3 is 0 Å². The van der Waals surface area contributed by atoms with E-state index in [4.69, 9.17) is 10.4 Å². The van der Waals surface area contributed by atoms with Gasteiger partial charge in [0.1, 0.15) is 5.49 Å². The summed E-state index contributed by atoms with van der Waals surface area (Å²) < 4.78 is 4.24. The molecule has 5 nitrogen and oxygen atoms in total. The lowest BCUT2D eigenvalue weighted by atomic mass is 10.0. The third kappa shape index (κ3) is 3.63. The van der Waals surface area contributed by atoms with E-state index in [1.807, 2.05) is 59.3 Å². The first-order chi connectivity index (χ1) is 20.3. The van der Waals surface area contributed by atoms with Gasteiger partial charge in [0.25, 0.3) is 0 Å². The number of aromatic nitrogens is 3. The third-order valence-electron chi connectivity index (χ3n) is 7.84. The molecule has 0 unspecified atom stereocenters. The average molecular weight is 528 g/mol. The molecular weight excluding hydrogens is 502 g/mol. The molecule has 8 rings (SSSR count). The first-order valence-electron chi connectivity index (χ1n) is 13.7. The summed E-state index contributed by atoms with van der Waals surface area (Å²) in [6, 6.07) is 46.0. The standard InChI is InChI=1S/C36H25N5/c37-36(41-32-18-8-4-13-27(32)28-14-5-9-19-33(28)41)39-35-26(16-10-22-38-35)24-20-21-34-30(23-24)29-15-6-7-17-31(29)40(34)25-11-2-1-3-12-25/h1-23H,(H2,37,38,39). The highest BCUT2D eigenvalue weighted by Gasteiger charge is 2.15. The Morgan fingerprint density at radius 2 is 1.15 bits per heavy atom. The Kier molecular flexibility index (Phi) is 5.22. The summed E-state index contributed by atoms with van der Waals surface area (Å²) in [5, 5.41) is 13.7. The van der Waals surface area contributed by atoms with E-state index in [1.165, 1.54) is 16.3 Å². The van der Waals surface area contributed by atoms with Crippen LogP contribution < -0.4 is 5.49 Å². The number of hydrogen-bond donors (Lipinski definition) is 2. The van der Waals surface area contributed by atoms with Gasteiger partial charge in [0.2, 0.25) is 5.96 Å². The predicted molar refractivity (Wildman–Crippen MR) is 169 cm³/mol. The van der Waals surface area contributed by atoms with Crippen LogP contribution in [0.3, 0.4) is 0 Å². The molecule has 3 aromatic heterocycles. The molecule has 0 atom stereocenters. The zero-order chi connectivity index (χ0) is 27.3. The minimum absolute atomic E-state index is 0.160. The molecule has 5 heteroatoms. The maximum absolute atomic E-state index is 9.12. The quantitative estimate of drug-likeness (QED) is 0.168. The predicted octanol–water partition coefficient (Wildman–Crippen LogP) is 8.27. The SMILES string of the molecule is N=C(/N=c1\[nH]cccc1-c1ccc2c(c1)c1ccccc1n2-c1ccccc1)n1c2ccccc2c2ccccc21. The van der Waals surface area contributed by atoms with Crippen LogP contribution in [0.4, 0.5) is 0 Å². The van der Waals surface area contributed by atoms with Crippen LogP contribution in [0.15, 0.2) is 145 Å². The fraction of sp³-hybridized carbons (Fsp3) is 0. The van der Waals surface area contributed by atoms with Gasteiger partial charge in [-0.3, -0.25) is 9.98 Å². The van der Waals surface area contributed by atoms with Gasteiger partial charge in [0.15, 0.2) is 0 Å². The Balaban J connectivity index is 1.32. The number of aromatic amines is 1. The molecule has 0 aliphatic carbocycles. The summed E-state index contributed by atoms with van der Waals surface area (Å²) >= 11 is 0. The van der Waals surface area contributed by atoms with Crippen molar-refractivity contribution < 1.29 is 0 Å². The first kappa shape index (κ1) is 23.2. The molecule has 0 bridgehead atoms. The van der Waals surface area contributed by atoms with E-state index in [9.17, 15) is 0 Å². The van der Waals surface area contributed by atoms with Gasteiger partial charge in [-0.05, 0) is 60.2 Å². The van der Waals surface area contributed by atoms with Gasteiger partial charge in [-0.1, -0.05) is 78.9 Å². The molecule has 8 aromatic rings. The van der Waals surface area contributed by atoms with Crippen molar-refractivity contribution in [2.45, 2.75) is 0 Å². The normalized spacial score (nSPS) is 12.1. The summed E-state index contributed by atoms with van der Waals surface area (Å²) in [7, 11) is 0. The third-order valence-corrected chi connectivity index (χ3v) is 7.84. The van der Waals surface area contributed by atoms with Gasteiger partial charge in [0, 0.05) is 39.0 Å². The van der Waals surface area contributed by atoms with E-state index in [1.54, 1.807) is 0 Å². The van der Waals surface area contributed by atoms with E-state index in [0.29, 0.717) is 5.49 Å². The summed E-state index contributed by atoms with van der Waals surface area (Å²) in [6.45, 7) is 0. The van der Waals surface area contributed by atoms with Crippen molar-refractivity contribution in [2.24, 2.45) is 4.99 Å². The van der Waals surface area contributed by atoms with Crippen LogP contribution in [-0.2, 0) is 0 Å². The Morgan fingerprint density at radius 1 is 0.561 bits per heavy atom. The Morgan fingerprint density at radius 3 is 1.85 bits per heavy atom. The maximum atomic E-state index is 9.12. The number of para-hydroxylation sites is 4. The molecule has 0 aliphatic heterocycles. The van der Waals surface area contributed by atoms with Crippen LogP contribution in [0, 0.1) is 5.41 Å². The van der Waals surface area contributed by atoms with Crippen molar-refractivity contribution >= 4 is 49.6 Å². The highest BCUT2D eigenvalue weighted by Crippen LogP contribution is 2.34. The maximum Gasteiger partial charge on any atom is 0.229 e. The fourth-order valence-electron chi connectivity index (χ4n) is 6.06. The first-order valence-corrected chi connectivity index (χ1v) is 13.7. The van der Waals surface area contributed by atoms with E-state index >= 15 is 0 Å². The number of fused-ring (bicyclic) bond motifs is 6. The second kappa shape index (κ2) is 9.21. The lowest BCUT2D eigenvalue weighted by molar-refractivity contribution is 1.10. The second-order valence-corrected chi connectivity index (χ2v) is 10.2. The molecule has 194 valence electrons. The van der Waals surface area contributed by atoms with E-state index in [-0.39, 0.29) is 5.96 Å². The van der Waals surface area contributed by atoms with Crippen molar-refractivity contribution in [2.75, 3.05) is 0 Å². The van der Waals surface area contributed by atoms with Crippen LogP contribution >= 0.6 is 0 Å². The number of nitrogens with one attached hydrogen (secondary N) is 2. The van der Waals surface area contributed by atoms with Crippen LogP contribution in [0.1, 0.15) is 0 Å². The van der Waals surface area contributed by atoms with Gasteiger partial charge < -0.3 is 9.55 Å². The van der Waals surface area contributed by atoms with Gasteiger partial charge in [-0.2, -0.15) is 4.99 Å². The molecule has 0 saturated heterocycles. The van der Waals surface area contributed by atoms with Gasteiger partial charge in [0.05, 0.1) is 22.1 Å². The molecule has 5 aromatic carbocycles. The van der Waals surface area contributed by atoms with Gasteiger partial charge in [-0.25, -0.2) is 0 Å².